The quantitative estimate of drug-likeness (QED) is 0.345. The van der Waals surface area contributed by atoms with Crippen LogP contribution in [0.15, 0.2) is 28.4 Å². The first kappa shape index (κ1) is 16.9. The van der Waals surface area contributed by atoms with E-state index in [9.17, 15) is 19.1 Å². The largest absolute Gasteiger partial charge is 0.502 e. The van der Waals surface area contributed by atoms with Crippen LogP contribution in [0, 0.1) is 0 Å². The third-order valence-corrected chi connectivity index (χ3v) is 2.95. The summed E-state index contributed by atoms with van der Waals surface area (Å²) in [6.07, 6.45) is 2.01. The minimum Gasteiger partial charge on any atom is -0.502 e. The highest BCUT2D eigenvalue weighted by Gasteiger charge is 2.14. The van der Waals surface area contributed by atoms with Crippen LogP contribution in [0.2, 0.25) is 0 Å². The average molecular weight is 298 g/mol. The van der Waals surface area contributed by atoms with Crippen LogP contribution in [0.25, 0.3) is 0 Å². The van der Waals surface area contributed by atoms with Crippen molar-refractivity contribution >= 4 is 11.8 Å². The summed E-state index contributed by atoms with van der Waals surface area (Å²) in [6.45, 7) is 1.79. The number of rotatable bonds is 8. The lowest BCUT2D eigenvalue weighted by Crippen LogP contribution is -2.06. The summed E-state index contributed by atoms with van der Waals surface area (Å²) in [4.78, 5) is 22.7. The van der Waals surface area contributed by atoms with Crippen LogP contribution in [0.1, 0.15) is 42.5 Å². The molecule has 1 N–H and O–H groups in total. The molecule has 0 radical (unpaired) electrons. The smallest absolute Gasteiger partial charge is 0.373 e. The SMILES string of the molecule is CCC(F)CCCc1ccc(C(=O)/C=C(\O)C(=O)OC)o1. The summed E-state index contributed by atoms with van der Waals surface area (Å²) in [5.74, 6) is -1.85. The van der Waals surface area contributed by atoms with Gasteiger partial charge in [-0.25, -0.2) is 9.18 Å². The van der Waals surface area contributed by atoms with E-state index in [2.05, 4.69) is 4.74 Å². The zero-order valence-corrected chi connectivity index (χ0v) is 12.1. The number of aliphatic hydroxyl groups is 1. The van der Waals surface area contributed by atoms with Crippen LogP contribution >= 0.6 is 0 Å². The van der Waals surface area contributed by atoms with Gasteiger partial charge in [-0.2, -0.15) is 0 Å². The number of halogens is 1. The van der Waals surface area contributed by atoms with Gasteiger partial charge in [0.25, 0.3) is 0 Å². The Labute approximate surface area is 122 Å². The molecule has 0 saturated carbocycles. The molecule has 0 spiro atoms. The van der Waals surface area contributed by atoms with Gasteiger partial charge in [-0.3, -0.25) is 4.79 Å². The molecule has 6 heteroatoms. The molecule has 0 aliphatic heterocycles. The maximum Gasteiger partial charge on any atom is 0.373 e. The number of aryl methyl sites for hydroxylation is 1. The zero-order chi connectivity index (χ0) is 15.8. The number of aliphatic hydroxyl groups excluding tert-OH is 1. The van der Waals surface area contributed by atoms with E-state index in [1.54, 1.807) is 13.0 Å². The Hall–Kier alpha value is -2.11. The van der Waals surface area contributed by atoms with Crippen LogP contribution in [-0.4, -0.2) is 30.1 Å². The van der Waals surface area contributed by atoms with Crippen LogP contribution in [0.3, 0.4) is 0 Å². The maximum absolute atomic E-state index is 13.1. The third-order valence-electron chi connectivity index (χ3n) is 2.95. The topological polar surface area (TPSA) is 76.7 Å². The molecule has 1 aromatic rings. The molecule has 1 aromatic heterocycles. The van der Waals surface area contributed by atoms with Crippen LogP contribution in [0.4, 0.5) is 4.39 Å². The molecule has 21 heavy (non-hydrogen) atoms. The maximum atomic E-state index is 13.1. The Morgan fingerprint density at radius 2 is 2.19 bits per heavy atom. The molecule has 1 unspecified atom stereocenters. The summed E-state index contributed by atoms with van der Waals surface area (Å²) >= 11 is 0. The van der Waals surface area contributed by atoms with Crippen molar-refractivity contribution in [1.29, 1.82) is 0 Å². The van der Waals surface area contributed by atoms with Crippen molar-refractivity contribution in [3.63, 3.8) is 0 Å². The number of carbonyl (C=O) groups excluding carboxylic acids is 2. The molecule has 0 amide bonds. The van der Waals surface area contributed by atoms with E-state index in [1.165, 1.54) is 6.07 Å². The standard InChI is InChI=1S/C15H19FO5/c1-3-10(16)5-4-6-11-7-8-14(21-11)12(17)9-13(18)15(19)20-2/h7-10,18H,3-6H2,1-2H3/b13-9-. The minimum absolute atomic E-state index is 0.00717. The molecular weight excluding hydrogens is 279 g/mol. The van der Waals surface area contributed by atoms with Crippen molar-refractivity contribution in [2.75, 3.05) is 7.11 Å². The van der Waals surface area contributed by atoms with Crippen LogP contribution in [-0.2, 0) is 16.0 Å². The Morgan fingerprint density at radius 1 is 1.48 bits per heavy atom. The second kappa shape index (κ2) is 8.24. The molecule has 0 fully saturated rings. The van der Waals surface area contributed by atoms with E-state index in [0.717, 1.165) is 13.2 Å². The lowest BCUT2D eigenvalue weighted by molar-refractivity contribution is -0.139. The van der Waals surface area contributed by atoms with E-state index in [-0.39, 0.29) is 5.76 Å². The van der Waals surface area contributed by atoms with Crippen molar-refractivity contribution in [2.45, 2.75) is 38.8 Å². The van der Waals surface area contributed by atoms with Crippen molar-refractivity contribution in [1.82, 2.24) is 0 Å². The molecule has 1 rings (SSSR count). The lowest BCUT2D eigenvalue weighted by atomic mass is 10.1. The van der Waals surface area contributed by atoms with Gasteiger partial charge in [-0.15, -0.1) is 0 Å². The number of esters is 1. The van der Waals surface area contributed by atoms with Gasteiger partial charge in [-0.05, 0) is 31.4 Å². The van der Waals surface area contributed by atoms with E-state index < -0.39 is 23.7 Å². The summed E-state index contributed by atoms with van der Waals surface area (Å²) in [7, 11) is 1.09. The molecule has 0 aliphatic carbocycles. The summed E-state index contributed by atoms with van der Waals surface area (Å²) in [5.41, 5.74) is 0. The first-order chi connectivity index (χ1) is 9.97. The van der Waals surface area contributed by atoms with Gasteiger partial charge in [0.15, 0.2) is 5.76 Å². The number of furan rings is 1. The van der Waals surface area contributed by atoms with E-state index in [4.69, 9.17) is 4.42 Å². The fourth-order valence-corrected chi connectivity index (χ4v) is 1.71. The molecule has 1 heterocycles. The van der Waals surface area contributed by atoms with Crippen molar-refractivity contribution in [2.24, 2.45) is 0 Å². The second-order valence-electron chi connectivity index (χ2n) is 4.55. The fraction of sp³-hybridized carbons (Fsp3) is 0.467. The van der Waals surface area contributed by atoms with Crippen LogP contribution in [0.5, 0.6) is 0 Å². The first-order valence-electron chi connectivity index (χ1n) is 6.74. The van der Waals surface area contributed by atoms with Crippen molar-refractivity contribution in [3.8, 4) is 0 Å². The van der Waals surface area contributed by atoms with E-state index >= 15 is 0 Å². The molecule has 0 aromatic carbocycles. The van der Waals surface area contributed by atoms with E-state index in [1.807, 2.05) is 0 Å². The highest BCUT2D eigenvalue weighted by atomic mass is 19.1. The predicted molar refractivity (Wildman–Crippen MR) is 73.9 cm³/mol. The predicted octanol–water partition coefficient (Wildman–Crippen LogP) is 3.15. The monoisotopic (exact) mass is 298 g/mol. The molecule has 116 valence electrons. The summed E-state index contributed by atoms with van der Waals surface area (Å²) < 4.78 is 22.6. The van der Waals surface area contributed by atoms with Crippen LogP contribution < -0.4 is 0 Å². The molecule has 5 nitrogen and oxygen atoms in total. The highest BCUT2D eigenvalue weighted by Crippen LogP contribution is 2.15. The zero-order valence-electron chi connectivity index (χ0n) is 12.1. The number of ketones is 1. The molecule has 0 saturated heterocycles. The minimum atomic E-state index is -0.997. The number of hydrogen-bond acceptors (Lipinski definition) is 5. The lowest BCUT2D eigenvalue weighted by Gasteiger charge is -2.02. The molecule has 0 bridgehead atoms. The Morgan fingerprint density at radius 3 is 2.81 bits per heavy atom. The van der Waals surface area contributed by atoms with Gasteiger partial charge in [0.1, 0.15) is 5.76 Å². The number of hydrogen-bond donors (Lipinski definition) is 1. The van der Waals surface area contributed by atoms with Crippen molar-refractivity contribution < 1.29 is 28.2 Å². The normalized spacial score (nSPS) is 13.0. The van der Waals surface area contributed by atoms with Gasteiger partial charge >= 0.3 is 5.97 Å². The number of alkyl halides is 1. The van der Waals surface area contributed by atoms with Gasteiger partial charge in [0, 0.05) is 12.5 Å². The van der Waals surface area contributed by atoms with Crippen molar-refractivity contribution in [3.05, 3.63) is 35.5 Å². The number of carbonyl (C=O) groups is 2. The number of ether oxygens (including phenoxy) is 1. The molecule has 0 aliphatic rings. The van der Waals surface area contributed by atoms with Gasteiger partial charge in [0.2, 0.25) is 11.5 Å². The van der Waals surface area contributed by atoms with Gasteiger partial charge < -0.3 is 14.3 Å². The Kier molecular flexibility index (Phi) is 6.65. The Balaban J connectivity index is 2.58. The third kappa shape index (κ3) is 5.41. The molecule has 1 atom stereocenters. The fourth-order valence-electron chi connectivity index (χ4n) is 1.71. The molecular formula is C15H19FO5. The summed E-state index contributed by atoms with van der Waals surface area (Å²) in [6, 6.07) is 3.07. The number of methoxy groups -OCH3 is 1. The Bertz CT molecular complexity index is 518. The van der Waals surface area contributed by atoms with E-state index in [0.29, 0.717) is 31.4 Å². The van der Waals surface area contributed by atoms with Gasteiger partial charge in [-0.1, -0.05) is 6.92 Å². The van der Waals surface area contributed by atoms with Gasteiger partial charge in [0.05, 0.1) is 13.3 Å². The number of allylic oxidation sites excluding steroid dienone is 1. The summed E-state index contributed by atoms with van der Waals surface area (Å²) in [5, 5.41) is 9.27. The first-order valence-corrected chi connectivity index (χ1v) is 6.74. The average Bonchev–Trinajstić information content (AvgIpc) is 2.94. The highest BCUT2D eigenvalue weighted by molar-refractivity contribution is 6.06. The second-order valence-corrected chi connectivity index (χ2v) is 4.55.